The van der Waals surface area contributed by atoms with E-state index in [1.54, 1.807) is 6.07 Å². The Labute approximate surface area is 188 Å². The van der Waals surface area contributed by atoms with E-state index < -0.39 is 0 Å². The lowest BCUT2D eigenvalue weighted by Gasteiger charge is -2.33. The fourth-order valence-electron chi connectivity index (χ4n) is 5.07. The number of nitriles is 1. The van der Waals surface area contributed by atoms with Gasteiger partial charge in [-0.1, -0.05) is 42.8 Å². The zero-order valence-corrected chi connectivity index (χ0v) is 18.2. The molecule has 3 aromatic rings. The fourth-order valence-corrected chi connectivity index (χ4v) is 5.07. The second-order valence-electron chi connectivity index (χ2n) is 8.73. The van der Waals surface area contributed by atoms with Gasteiger partial charge in [0.2, 0.25) is 0 Å². The highest BCUT2D eigenvalue weighted by Crippen LogP contribution is 2.31. The summed E-state index contributed by atoms with van der Waals surface area (Å²) in [7, 11) is 0. The lowest BCUT2D eigenvalue weighted by atomic mass is 9.93. The monoisotopic (exact) mass is 425 g/mol. The number of hydrogen-bond donors (Lipinski definition) is 0. The first kappa shape index (κ1) is 20.4. The van der Waals surface area contributed by atoms with Crippen LogP contribution in [0.5, 0.6) is 0 Å². The molecular formula is C26H27N5O. The number of hydrogen-bond acceptors (Lipinski definition) is 4. The van der Waals surface area contributed by atoms with Crippen molar-refractivity contribution in [3.8, 4) is 17.2 Å². The lowest BCUT2D eigenvalue weighted by molar-refractivity contribution is 0.0704. The van der Waals surface area contributed by atoms with E-state index in [0.717, 1.165) is 55.1 Å². The molecule has 1 amide bonds. The van der Waals surface area contributed by atoms with Gasteiger partial charge >= 0.3 is 0 Å². The smallest absolute Gasteiger partial charge is 0.254 e. The standard InChI is InChI=1S/C26H27N5O/c27-17-19-9-3-4-11-21(19)22-12-5-6-13-23(22)26(32)30-15-8-10-20(18-30)25-29-28-24-14-2-1-7-16-31(24)25/h3-6,9,11-13,20H,1-2,7-8,10,14-16,18H2. The molecule has 2 aliphatic heterocycles. The number of aryl methyl sites for hydroxylation is 1. The summed E-state index contributed by atoms with van der Waals surface area (Å²) in [5.41, 5.74) is 2.84. The largest absolute Gasteiger partial charge is 0.338 e. The molecule has 6 heteroatoms. The first-order valence-electron chi connectivity index (χ1n) is 11.6. The molecule has 2 aliphatic rings. The molecule has 0 radical (unpaired) electrons. The van der Waals surface area contributed by atoms with Crippen molar-refractivity contribution in [2.45, 2.75) is 51.0 Å². The van der Waals surface area contributed by atoms with Crippen LogP contribution in [0.2, 0.25) is 0 Å². The maximum atomic E-state index is 13.7. The number of carbonyl (C=O) groups excluding carboxylic acids is 1. The second-order valence-corrected chi connectivity index (χ2v) is 8.73. The summed E-state index contributed by atoms with van der Waals surface area (Å²) in [5.74, 6) is 2.38. The first-order valence-corrected chi connectivity index (χ1v) is 11.6. The number of rotatable bonds is 3. The molecule has 1 aromatic heterocycles. The van der Waals surface area contributed by atoms with Crippen LogP contribution in [0.1, 0.15) is 65.6 Å². The molecule has 1 unspecified atom stereocenters. The molecule has 32 heavy (non-hydrogen) atoms. The van der Waals surface area contributed by atoms with Crippen LogP contribution in [0.4, 0.5) is 0 Å². The Morgan fingerprint density at radius 2 is 1.75 bits per heavy atom. The molecule has 1 atom stereocenters. The molecule has 162 valence electrons. The summed E-state index contributed by atoms with van der Waals surface area (Å²) in [6, 6.07) is 17.3. The summed E-state index contributed by atoms with van der Waals surface area (Å²) < 4.78 is 2.31. The van der Waals surface area contributed by atoms with Crippen molar-refractivity contribution in [3.63, 3.8) is 0 Å². The Bertz CT molecular complexity index is 1170. The molecule has 1 saturated heterocycles. The predicted molar refractivity (Wildman–Crippen MR) is 122 cm³/mol. The van der Waals surface area contributed by atoms with E-state index in [0.29, 0.717) is 17.7 Å². The molecule has 5 rings (SSSR count). The summed E-state index contributed by atoms with van der Waals surface area (Å²) in [6.45, 7) is 2.38. The number of aromatic nitrogens is 3. The number of carbonyl (C=O) groups is 1. The van der Waals surface area contributed by atoms with Gasteiger partial charge in [0.25, 0.3) is 5.91 Å². The molecule has 0 saturated carbocycles. The summed E-state index contributed by atoms with van der Waals surface area (Å²) in [6.07, 6.45) is 6.55. The molecule has 0 aliphatic carbocycles. The Hall–Kier alpha value is -3.46. The molecule has 0 bridgehead atoms. The minimum atomic E-state index is 0.0219. The van der Waals surface area contributed by atoms with Gasteiger partial charge < -0.3 is 9.47 Å². The van der Waals surface area contributed by atoms with Crippen molar-refractivity contribution >= 4 is 5.91 Å². The third-order valence-corrected chi connectivity index (χ3v) is 6.71. The third-order valence-electron chi connectivity index (χ3n) is 6.71. The maximum absolute atomic E-state index is 13.7. The van der Waals surface area contributed by atoms with Gasteiger partial charge in [-0.3, -0.25) is 4.79 Å². The molecule has 3 heterocycles. The molecule has 0 spiro atoms. The van der Waals surface area contributed by atoms with Crippen molar-refractivity contribution in [1.82, 2.24) is 19.7 Å². The normalized spacial score (nSPS) is 18.5. The van der Waals surface area contributed by atoms with Crippen LogP contribution in [-0.2, 0) is 13.0 Å². The maximum Gasteiger partial charge on any atom is 0.254 e. The number of amides is 1. The van der Waals surface area contributed by atoms with E-state index in [9.17, 15) is 10.1 Å². The van der Waals surface area contributed by atoms with E-state index in [1.165, 1.54) is 19.3 Å². The van der Waals surface area contributed by atoms with Crippen LogP contribution in [0, 0.1) is 11.3 Å². The van der Waals surface area contributed by atoms with Gasteiger partial charge in [-0.25, -0.2) is 0 Å². The Morgan fingerprint density at radius 1 is 0.938 bits per heavy atom. The van der Waals surface area contributed by atoms with Gasteiger partial charge in [0.1, 0.15) is 11.6 Å². The molecular weight excluding hydrogens is 398 g/mol. The van der Waals surface area contributed by atoms with Crippen molar-refractivity contribution in [2.75, 3.05) is 13.1 Å². The predicted octanol–water partition coefficient (Wildman–Crippen LogP) is 4.56. The highest BCUT2D eigenvalue weighted by Gasteiger charge is 2.30. The highest BCUT2D eigenvalue weighted by molar-refractivity contribution is 6.01. The number of nitrogens with zero attached hydrogens (tertiary/aromatic N) is 5. The number of likely N-dealkylation sites (tertiary alicyclic amines) is 1. The van der Waals surface area contributed by atoms with E-state index in [2.05, 4.69) is 20.8 Å². The SMILES string of the molecule is N#Cc1ccccc1-c1ccccc1C(=O)N1CCCC(c2nnc3n2CCCCC3)C1. The van der Waals surface area contributed by atoms with E-state index in [-0.39, 0.29) is 11.8 Å². The molecule has 0 N–H and O–H groups in total. The number of fused-ring (bicyclic) bond motifs is 1. The quantitative estimate of drug-likeness (QED) is 0.616. The van der Waals surface area contributed by atoms with Gasteiger partial charge in [-0.2, -0.15) is 5.26 Å². The topological polar surface area (TPSA) is 74.8 Å². The summed E-state index contributed by atoms with van der Waals surface area (Å²) in [4.78, 5) is 15.6. The van der Waals surface area contributed by atoms with Crippen molar-refractivity contribution in [1.29, 1.82) is 5.26 Å². The lowest BCUT2D eigenvalue weighted by Crippen LogP contribution is -2.40. The summed E-state index contributed by atoms with van der Waals surface area (Å²) >= 11 is 0. The van der Waals surface area contributed by atoms with Crippen LogP contribution in [0.25, 0.3) is 11.1 Å². The van der Waals surface area contributed by atoms with Gasteiger partial charge in [-0.05, 0) is 43.4 Å². The van der Waals surface area contributed by atoms with Crippen molar-refractivity contribution < 1.29 is 4.79 Å². The van der Waals surface area contributed by atoms with Crippen molar-refractivity contribution in [3.05, 3.63) is 71.3 Å². The molecule has 6 nitrogen and oxygen atoms in total. The Balaban J connectivity index is 1.43. The number of piperidine rings is 1. The third kappa shape index (κ3) is 3.80. The van der Waals surface area contributed by atoms with Gasteiger partial charge in [0.15, 0.2) is 0 Å². The van der Waals surface area contributed by atoms with Crippen LogP contribution >= 0.6 is 0 Å². The molecule has 1 fully saturated rings. The highest BCUT2D eigenvalue weighted by atomic mass is 16.2. The zero-order chi connectivity index (χ0) is 21.9. The summed E-state index contributed by atoms with van der Waals surface area (Å²) in [5, 5.41) is 18.6. The second kappa shape index (κ2) is 8.96. The number of benzene rings is 2. The minimum absolute atomic E-state index is 0.0219. The average Bonchev–Trinajstić information content (AvgIpc) is 3.11. The minimum Gasteiger partial charge on any atom is -0.338 e. The fraction of sp³-hybridized carbons (Fsp3) is 0.385. The van der Waals surface area contributed by atoms with E-state index in [1.807, 2.05) is 47.4 Å². The van der Waals surface area contributed by atoms with Crippen LogP contribution in [0.3, 0.4) is 0 Å². The molecule has 2 aromatic carbocycles. The average molecular weight is 426 g/mol. The van der Waals surface area contributed by atoms with E-state index >= 15 is 0 Å². The van der Waals surface area contributed by atoms with Crippen molar-refractivity contribution in [2.24, 2.45) is 0 Å². The Morgan fingerprint density at radius 3 is 2.62 bits per heavy atom. The van der Waals surface area contributed by atoms with Crippen LogP contribution < -0.4 is 0 Å². The van der Waals surface area contributed by atoms with Crippen LogP contribution in [-0.4, -0.2) is 38.7 Å². The first-order chi connectivity index (χ1) is 15.8. The Kier molecular flexibility index (Phi) is 5.72. The van der Waals surface area contributed by atoms with Gasteiger partial charge in [0, 0.05) is 43.1 Å². The zero-order valence-electron chi connectivity index (χ0n) is 18.2. The van der Waals surface area contributed by atoms with Gasteiger partial charge in [0.05, 0.1) is 11.6 Å². The van der Waals surface area contributed by atoms with E-state index in [4.69, 9.17) is 0 Å². The van der Waals surface area contributed by atoms with Crippen LogP contribution in [0.15, 0.2) is 48.5 Å². The van der Waals surface area contributed by atoms with Gasteiger partial charge in [-0.15, -0.1) is 10.2 Å².